The van der Waals surface area contributed by atoms with E-state index in [1.165, 1.54) is 38.4 Å². The monoisotopic (exact) mass is 502 g/mol. The van der Waals surface area contributed by atoms with Crippen molar-refractivity contribution in [3.05, 3.63) is 39.9 Å². The maximum atomic E-state index is 13.5. The number of rotatable bonds is 10. The van der Waals surface area contributed by atoms with Gasteiger partial charge in [-0.25, -0.2) is 0 Å². The lowest BCUT2D eigenvalue weighted by molar-refractivity contribution is -0.386. The molecular weight excluding hydrogens is 472 g/mol. The molecule has 1 aromatic rings. The number of hydrogen-bond acceptors (Lipinski definition) is 11. The highest BCUT2D eigenvalue weighted by Gasteiger charge is 2.49. The number of amides is 2. The fourth-order valence-corrected chi connectivity index (χ4v) is 4.23. The van der Waals surface area contributed by atoms with Crippen LogP contribution >= 0.6 is 12.6 Å². The predicted molar refractivity (Wildman–Crippen MR) is 122 cm³/mol. The Hall–Kier alpha value is -2.33. The molecule has 0 saturated carbocycles. The first-order valence-corrected chi connectivity index (χ1v) is 11.1. The molecule has 34 heavy (non-hydrogen) atoms. The quantitative estimate of drug-likeness (QED) is 0.106. The van der Waals surface area contributed by atoms with Crippen LogP contribution in [-0.4, -0.2) is 105 Å². The Morgan fingerprint density at radius 2 is 1.85 bits per heavy atom. The molecule has 0 bridgehead atoms. The maximum Gasteiger partial charge on any atom is 0.274 e. The highest BCUT2D eigenvalue weighted by molar-refractivity contribution is 7.80. The number of likely N-dealkylation sites (N-methyl/N-ethyl adjacent to an activating group) is 2. The Kier molecular flexibility index (Phi) is 10.2. The summed E-state index contributed by atoms with van der Waals surface area (Å²) in [6.07, 6.45) is -8.69. The summed E-state index contributed by atoms with van der Waals surface area (Å²) in [6, 6.07) is 3.49. The number of nitrogens with one attached hydrogen (secondary N) is 2. The number of benzene rings is 1. The van der Waals surface area contributed by atoms with E-state index in [-0.39, 0.29) is 17.0 Å². The first-order valence-electron chi connectivity index (χ1n) is 10.5. The molecule has 1 aromatic carbocycles. The van der Waals surface area contributed by atoms with E-state index in [1.807, 2.05) is 0 Å². The molecule has 6 N–H and O–H groups in total. The van der Waals surface area contributed by atoms with Crippen molar-refractivity contribution in [2.24, 2.45) is 0 Å². The molecular formula is C20H30N4O9S. The smallest absolute Gasteiger partial charge is 0.274 e. The lowest BCUT2D eigenvalue weighted by Crippen LogP contribution is -2.65. The van der Waals surface area contributed by atoms with Gasteiger partial charge in [0.25, 0.3) is 5.69 Å². The number of nitro groups is 1. The van der Waals surface area contributed by atoms with Crippen molar-refractivity contribution in [1.29, 1.82) is 0 Å². The molecule has 1 fully saturated rings. The summed E-state index contributed by atoms with van der Waals surface area (Å²) in [7, 11) is 2.85. The van der Waals surface area contributed by atoms with Gasteiger partial charge in [0.1, 0.15) is 24.4 Å². The summed E-state index contributed by atoms with van der Waals surface area (Å²) in [5, 5.41) is 57.5. The number of carbonyl (C=O) groups is 2. The first-order chi connectivity index (χ1) is 16.1. The Bertz CT molecular complexity index is 874. The number of ether oxygens (including phenoxy) is 1. The molecule has 7 atom stereocenters. The molecule has 0 aromatic heterocycles. The van der Waals surface area contributed by atoms with E-state index in [0.29, 0.717) is 0 Å². The van der Waals surface area contributed by atoms with Crippen molar-refractivity contribution >= 4 is 30.1 Å². The van der Waals surface area contributed by atoms with Crippen LogP contribution in [0.1, 0.15) is 18.0 Å². The number of hydrogen-bond donors (Lipinski definition) is 7. The highest BCUT2D eigenvalue weighted by atomic mass is 32.1. The van der Waals surface area contributed by atoms with E-state index in [4.69, 9.17) is 4.74 Å². The number of nitro benzene ring substituents is 1. The van der Waals surface area contributed by atoms with E-state index in [0.717, 1.165) is 4.90 Å². The van der Waals surface area contributed by atoms with E-state index < -0.39 is 72.5 Å². The van der Waals surface area contributed by atoms with Crippen molar-refractivity contribution < 1.29 is 39.7 Å². The van der Waals surface area contributed by atoms with Crippen LogP contribution in [0.2, 0.25) is 0 Å². The lowest BCUT2D eigenvalue weighted by Gasteiger charge is -2.47. The summed E-state index contributed by atoms with van der Waals surface area (Å²) < 4.78 is 5.59. The summed E-state index contributed by atoms with van der Waals surface area (Å²) in [4.78, 5) is 37.6. The zero-order chi connectivity index (χ0) is 25.6. The fraction of sp³-hybridized carbons (Fsp3) is 0.600. The molecule has 0 spiro atoms. The summed E-state index contributed by atoms with van der Waals surface area (Å²) in [6.45, 7) is -0.738. The van der Waals surface area contributed by atoms with Crippen LogP contribution in [0, 0.1) is 10.1 Å². The molecule has 1 heterocycles. The molecule has 0 aliphatic carbocycles. The molecule has 14 heteroatoms. The minimum Gasteiger partial charge on any atom is -0.394 e. The van der Waals surface area contributed by atoms with Crippen LogP contribution in [-0.2, 0) is 14.3 Å². The average molecular weight is 503 g/mol. The van der Waals surface area contributed by atoms with Gasteiger partial charge in [0.05, 0.1) is 35.6 Å². The Morgan fingerprint density at radius 1 is 1.21 bits per heavy atom. The van der Waals surface area contributed by atoms with E-state index >= 15 is 0 Å². The van der Waals surface area contributed by atoms with E-state index in [1.54, 1.807) is 0 Å². The van der Waals surface area contributed by atoms with Gasteiger partial charge in [0.15, 0.2) is 6.23 Å². The first kappa shape index (κ1) is 27.9. The van der Waals surface area contributed by atoms with E-state index in [2.05, 4.69) is 23.3 Å². The third kappa shape index (κ3) is 5.83. The van der Waals surface area contributed by atoms with Gasteiger partial charge in [-0.15, -0.1) is 0 Å². The zero-order valence-electron chi connectivity index (χ0n) is 18.6. The van der Waals surface area contributed by atoms with Gasteiger partial charge in [-0.3, -0.25) is 19.7 Å². The number of aliphatic hydroxyl groups is 4. The molecule has 2 rings (SSSR count). The average Bonchev–Trinajstić information content (AvgIpc) is 2.84. The molecule has 13 nitrogen and oxygen atoms in total. The van der Waals surface area contributed by atoms with Crippen LogP contribution in [0.5, 0.6) is 0 Å². The van der Waals surface area contributed by atoms with Crippen LogP contribution in [0.4, 0.5) is 5.69 Å². The number of para-hydroxylation sites is 1. The molecule has 4 unspecified atom stereocenters. The van der Waals surface area contributed by atoms with Gasteiger partial charge in [-0.05, 0) is 7.05 Å². The third-order valence-corrected chi connectivity index (χ3v) is 6.07. The van der Waals surface area contributed by atoms with Crippen molar-refractivity contribution in [3.63, 3.8) is 0 Å². The molecule has 2 amide bonds. The minimum absolute atomic E-state index is 0.0776. The van der Waals surface area contributed by atoms with E-state index in [9.17, 15) is 40.1 Å². The van der Waals surface area contributed by atoms with Crippen LogP contribution in [0.25, 0.3) is 0 Å². The van der Waals surface area contributed by atoms with Crippen LogP contribution in [0.3, 0.4) is 0 Å². The van der Waals surface area contributed by atoms with Crippen molar-refractivity contribution in [1.82, 2.24) is 15.5 Å². The Labute approximate surface area is 201 Å². The van der Waals surface area contributed by atoms with Gasteiger partial charge in [0, 0.05) is 18.9 Å². The number of aliphatic hydroxyl groups excluding tert-OH is 4. The molecule has 190 valence electrons. The summed E-state index contributed by atoms with van der Waals surface area (Å²) in [5.41, 5.74) is -0.242. The van der Waals surface area contributed by atoms with Crippen molar-refractivity contribution in [2.75, 3.05) is 26.5 Å². The van der Waals surface area contributed by atoms with Crippen LogP contribution < -0.4 is 10.6 Å². The largest absolute Gasteiger partial charge is 0.394 e. The second kappa shape index (κ2) is 12.4. The second-order valence-electron chi connectivity index (χ2n) is 7.69. The number of thiol groups is 1. The van der Waals surface area contributed by atoms with Gasteiger partial charge in [-0.2, -0.15) is 12.6 Å². The molecule has 1 saturated heterocycles. The predicted octanol–water partition coefficient (Wildman–Crippen LogP) is -2.08. The highest BCUT2D eigenvalue weighted by Crippen LogP contribution is 2.35. The van der Waals surface area contributed by atoms with Gasteiger partial charge in [0.2, 0.25) is 11.8 Å². The van der Waals surface area contributed by atoms with Crippen molar-refractivity contribution in [2.45, 2.75) is 49.1 Å². The minimum atomic E-state index is -1.83. The van der Waals surface area contributed by atoms with Crippen LogP contribution in [0.15, 0.2) is 24.3 Å². The lowest BCUT2D eigenvalue weighted by atomic mass is 9.95. The Morgan fingerprint density at radius 3 is 2.38 bits per heavy atom. The number of nitrogens with zero attached hydrogens (tertiary/aromatic N) is 2. The van der Waals surface area contributed by atoms with Gasteiger partial charge >= 0.3 is 0 Å². The van der Waals surface area contributed by atoms with Gasteiger partial charge < -0.3 is 40.7 Å². The normalized spacial score (nSPS) is 26.4. The van der Waals surface area contributed by atoms with Gasteiger partial charge in [-0.1, -0.05) is 18.2 Å². The Balaban J connectivity index is 2.60. The zero-order valence-corrected chi connectivity index (χ0v) is 19.5. The second-order valence-corrected chi connectivity index (χ2v) is 8.06. The standard InChI is InChI=1S/C20H30N4O9S/c1-21-11(19(30)22-2)7-15(26)23(20-18(29)17(28)16(27)14(8-25)33-20)13(9-34)10-5-3-4-6-12(10)24(31)32/h3-6,11,13-14,16-18,20-21,25,27-29,34H,7-9H2,1-2H3,(H,22,30)/t11?,13?,14?,16-,17+,18?,20-/m1/s1. The topological polar surface area (TPSA) is 195 Å². The molecule has 1 aliphatic heterocycles. The molecule has 0 radical (unpaired) electrons. The van der Waals surface area contributed by atoms with Crippen molar-refractivity contribution in [3.8, 4) is 0 Å². The molecule has 1 aliphatic rings. The SMILES string of the molecule is CNC(=O)C(CC(=O)N(C(CS)c1ccccc1[N+](=O)[O-])[C@@H]1OC(CO)[C@@H](O)[C@H](O)C1O)NC. The maximum absolute atomic E-state index is 13.5. The summed E-state index contributed by atoms with van der Waals surface area (Å²) >= 11 is 4.27. The number of carbonyl (C=O) groups excluding carboxylic acids is 2. The fourth-order valence-electron chi connectivity index (χ4n) is 3.86. The third-order valence-electron chi connectivity index (χ3n) is 5.72. The summed E-state index contributed by atoms with van der Waals surface area (Å²) in [5.74, 6) is -1.42.